The fourth-order valence-electron chi connectivity index (χ4n) is 5.86. The zero-order valence-corrected chi connectivity index (χ0v) is 24.3. The van der Waals surface area contributed by atoms with Gasteiger partial charge in [0.15, 0.2) is 0 Å². The maximum absolute atomic E-state index is 9.21. The Morgan fingerprint density at radius 2 is 0.933 bits per heavy atom. The van der Waals surface area contributed by atoms with Crippen LogP contribution in [0.15, 0.2) is 188 Å². The van der Waals surface area contributed by atoms with Crippen molar-refractivity contribution in [1.82, 2.24) is 0 Å². The minimum absolute atomic E-state index is 0.0219. The Balaban J connectivity index is 1.32. The van der Waals surface area contributed by atoms with Crippen molar-refractivity contribution in [3.05, 3.63) is 188 Å². The van der Waals surface area contributed by atoms with E-state index in [1.807, 2.05) is 78.9 Å². The van der Waals surface area contributed by atoms with Crippen LogP contribution in [-0.2, 0) is 0 Å². The summed E-state index contributed by atoms with van der Waals surface area (Å²) in [5.41, 5.74) is 7.48. The summed E-state index contributed by atoms with van der Waals surface area (Å²) in [6, 6.07) is 45.6. The number of nitrogens with zero attached hydrogens (tertiary/aromatic N) is 1. The predicted octanol–water partition coefficient (Wildman–Crippen LogP) is 12.5. The van der Waals surface area contributed by atoms with Gasteiger partial charge in [-0.15, -0.1) is 0 Å². The van der Waals surface area contributed by atoms with Crippen molar-refractivity contribution in [2.75, 3.05) is 4.90 Å². The van der Waals surface area contributed by atoms with E-state index in [0.29, 0.717) is 11.4 Å². The second-order valence-corrected chi connectivity index (χ2v) is 10.9. The van der Waals surface area contributed by atoms with Crippen molar-refractivity contribution < 1.29 is 9.60 Å². The quantitative estimate of drug-likeness (QED) is 0.189. The molecule has 0 unspecified atom stereocenters. The van der Waals surface area contributed by atoms with Gasteiger partial charge in [0.25, 0.3) is 0 Å². The molecule has 0 saturated heterocycles. The van der Waals surface area contributed by atoms with Crippen molar-refractivity contribution in [1.29, 1.82) is 0 Å². The number of rotatable bonds is 6. The minimum atomic E-state index is -0.485. The molecule has 0 aliphatic heterocycles. The van der Waals surface area contributed by atoms with E-state index in [1.54, 1.807) is 4.90 Å². The third kappa shape index (κ3) is 5.26. The third-order valence-electron chi connectivity index (χ3n) is 8.15. The van der Waals surface area contributed by atoms with Gasteiger partial charge < -0.3 is 4.90 Å². The molecule has 0 amide bonds. The number of fused-ring (bicyclic) bond motifs is 2. The summed E-state index contributed by atoms with van der Waals surface area (Å²) in [7, 11) is 0. The highest BCUT2D eigenvalue weighted by Crippen LogP contribution is 2.41. The van der Waals surface area contributed by atoms with Crippen LogP contribution < -0.4 is 4.90 Å². The number of benzene rings is 8. The largest absolute Gasteiger partial charge is 0.310 e. The Morgan fingerprint density at radius 3 is 1.71 bits per heavy atom. The van der Waals surface area contributed by atoms with Gasteiger partial charge in [-0.1, -0.05) is 152 Å². The molecule has 0 spiro atoms. The smallest absolute Gasteiger partial charge is 0.0645 e. The summed E-state index contributed by atoms with van der Waals surface area (Å²) in [5, 5.41) is 2.15. The maximum Gasteiger partial charge on any atom is 0.0645 e. The lowest BCUT2D eigenvalue weighted by atomic mass is 9.99. The highest BCUT2D eigenvalue weighted by molar-refractivity contribution is 5.99. The van der Waals surface area contributed by atoms with E-state index in [-0.39, 0.29) is 28.5 Å². The van der Waals surface area contributed by atoms with E-state index in [2.05, 4.69) is 66.7 Å². The van der Waals surface area contributed by atoms with E-state index in [4.69, 9.17) is 8.22 Å². The average molecular weight is 581 g/mol. The van der Waals surface area contributed by atoms with Crippen LogP contribution in [0.1, 0.15) is 9.60 Å². The lowest BCUT2D eigenvalue weighted by molar-refractivity contribution is 1.30. The summed E-state index contributed by atoms with van der Waals surface area (Å²) in [4.78, 5) is 1.77. The monoisotopic (exact) mass is 580 g/mol. The first-order valence-corrected chi connectivity index (χ1v) is 14.9. The lowest BCUT2D eigenvalue weighted by Gasteiger charge is -2.27. The zero-order valence-electron chi connectivity index (χ0n) is 31.3. The van der Waals surface area contributed by atoms with E-state index >= 15 is 0 Å². The molecule has 0 aromatic heterocycles. The molecule has 0 atom stereocenters. The van der Waals surface area contributed by atoms with Crippen molar-refractivity contribution in [2.24, 2.45) is 0 Å². The Morgan fingerprint density at radius 1 is 0.356 bits per heavy atom. The molecule has 212 valence electrons. The molecule has 0 aliphatic rings. The standard InChI is InChI=1S/C44H31N/c1-2-10-32(11-3-1)34-20-22-35(23-21-34)36-26-28-41(29-27-36)45(44-19-9-15-37-13-6-7-18-43(37)44)42-17-8-16-39(31-42)40-25-24-33-12-4-5-14-38(33)30-40/h1-31H/i6D,7D,9D,13D,15D,18D,19D. The highest BCUT2D eigenvalue weighted by Gasteiger charge is 2.16. The molecule has 0 bridgehead atoms. The lowest BCUT2D eigenvalue weighted by Crippen LogP contribution is -2.10. The highest BCUT2D eigenvalue weighted by atomic mass is 15.1. The van der Waals surface area contributed by atoms with Gasteiger partial charge in [-0.3, -0.25) is 0 Å². The van der Waals surface area contributed by atoms with Gasteiger partial charge in [-0.05, 0) is 85.9 Å². The van der Waals surface area contributed by atoms with Crippen molar-refractivity contribution in [3.8, 4) is 33.4 Å². The number of hydrogen-bond acceptors (Lipinski definition) is 1. The Hall–Kier alpha value is -5.92. The van der Waals surface area contributed by atoms with Crippen molar-refractivity contribution in [2.45, 2.75) is 0 Å². The zero-order chi connectivity index (χ0) is 36.1. The van der Waals surface area contributed by atoms with Gasteiger partial charge in [0.2, 0.25) is 0 Å². The third-order valence-corrected chi connectivity index (χ3v) is 8.15. The van der Waals surface area contributed by atoms with Crippen LogP contribution in [0.25, 0.3) is 54.9 Å². The Kier molecular flexibility index (Phi) is 5.20. The fraction of sp³-hybridized carbons (Fsp3) is 0. The molecule has 8 rings (SSSR count). The maximum atomic E-state index is 9.21. The van der Waals surface area contributed by atoms with Crippen LogP contribution in [0.3, 0.4) is 0 Å². The molecule has 1 heteroatoms. The van der Waals surface area contributed by atoms with E-state index in [9.17, 15) is 1.37 Å². The predicted molar refractivity (Wildman–Crippen MR) is 192 cm³/mol. The molecular formula is C44H31N. The summed E-state index contributed by atoms with van der Waals surface area (Å²) in [6.45, 7) is 0. The summed E-state index contributed by atoms with van der Waals surface area (Å²) in [6.07, 6.45) is 0. The van der Waals surface area contributed by atoms with Crippen LogP contribution in [0.5, 0.6) is 0 Å². The first kappa shape index (κ1) is 20.1. The van der Waals surface area contributed by atoms with Gasteiger partial charge in [0, 0.05) is 16.8 Å². The average Bonchev–Trinajstić information content (AvgIpc) is 3.20. The molecule has 1 nitrogen and oxygen atoms in total. The van der Waals surface area contributed by atoms with E-state index in [0.717, 1.165) is 44.2 Å². The van der Waals surface area contributed by atoms with Crippen molar-refractivity contribution in [3.63, 3.8) is 0 Å². The summed E-state index contributed by atoms with van der Waals surface area (Å²) < 4.78 is 61.3. The van der Waals surface area contributed by atoms with Crippen LogP contribution in [0, 0.1) is 0 Å². The molecule has 0 fully saturated rings. The van der Waals surface area contributed by atoms with Gasteiger partial charge in [-0.25, -0.2) is 0 Å². The van der Waals surface area contributed by atoms with Gasteiger partial charge in [0.1, 0.15) is 0 Å². The topological polar surface area (TPSA) is 3.24 Å². The first-order chi connectivity index (χ1) is 25.2. The summed E-state index contributed by atoms with van der Waals surface area (Å²) >= 11 is 0. The Bertz CT molecular complexity index is 2630. The number of anilines is 3. The molecule has 0 aliphatic carbocycles. The van der Waals surface area contributed by atoms with Gasteiger partial charge >= 0.3 is 0 Å². The van der Waals surface area contributed by atoms with Gasteiger partial charge in [-0.2, -0.15) is 0 Å². The molecule has 0 N–H and O–H groups in total. The van der Waals surface area contributed by atoms with Crippen LogP contribution in [0.4, 0.5) is 17.1 Å². The first-order valence-electron chi connectivity index (χ1n) is 18.4. The minimum Gasteiger partial charge on any atom is -0.310 e. The van der Waals surface area contributed by atoms with Gasteiger partial charge in [0.05, 0.1) is 15.3 Å². The molecule has 8 aromatic rings. The van der Waals surface area contributed by atoms with Crippen LogP contribution in [0.2, 0.25) is 0 Å². The second kappa shape index (κ2) is 11.6. The van der Waals surface area contributed by atoms with E-state index in [1.165, 1.54) is 0 Å². The van der Waals surface area contributed by atoms with E-state index < -0.39 is 30.2 Å². The molecular weight excluding hydrogens is 542 g/mol. The SMILES string of the molecule is [2H]c1c([2H])c([2H])c2c(N(c3ccc(-c4ccc(-c5ccccc5)cc4)cc3)c3cccc(-c4ccc5ccccc5c4)c3)c([2H])c([2H])c([2H])c2c1[2H]. The van der Waals surface area contributed by atoms with Crippen molar-refractivity contribution >= 4 is 38.6 Å². The number of hydrogen-bond donors (Lipinski definition) is 0. The molecule has 8 aromatic carbocycles. The second-order valence-electron chi connectivity index (χ2n) is 10.9. The normalized spacial score (nSPS) is 13.3. The molecule has 0 radical (unpaired) electrons. The molecule has 0 heterocycles. The van der Waals surface area contributed by atoms with Crippen LogP contribution in [-0.4, -0.2) is 0 Å². The summed E-state index contributed by atoms with van der Waals surface area (Å²) in [5.74, 6) is 0. The fourth-order valence-corrected chi connectivity index (χ4v) is 5.86. The Labute approximate surface area is 274 Å². The molecule has 0 saturated carbocycles. The van der Waals surface area contributed by atoms with Crippen LogP contribution >= 0.6 is 0 Å². The molecule has 45 heavy (non-hydrogen) atoms.